The molecule has 0 N–H and O–H groups in total. The number of rotatable bonds is 5. The molecule has 3 saturated carbocycles. The van der Waals surface area contributed by atoms with Crippen LogP contribution in [0.3, 0.4) is 0 Å². The van der Waals surface area contributed by atoms with Crippen molar-refractivity contribution < 1.29 is 50.2 Å². The van der Waals surface area contributed by atoms with Crippen LogP contribution in [0.25, 0.3) is 0 Å². The Kier molecular flexibility index (Phi) is 5.22. The van der Waals surface area contributed by atoms with Crippen molar-refractivity contribution in [3.63, 3.8) is 0 Å². The van der Waals surface area contributed by atoms with Crippen molar-refractivity contribution in [2.45, 2.75) is 71.0 Å². The number of Topliss-reactive ketones (excluding diaryl/α,β-unsaturated/α-hetero) is 1. The standard InChI is InChI=1S/C19H22F6O5/c1-4-16(2,3)14(27)29-12-8-5-10-9(12)6-11(26)17(10,7-8)15(28)30-13(18(20,21)22)19(23,24)25/h8-10,12-13H,4-7H2,1-3H3. The highest BCUT2D eigenvalue weighted by atomic mass is 19.4. The first-order valence-corrected chi connectivity index (χ1v) is 9.64. The normalized spacial score (nSPS) is 33.3. The summed E-state index contributed by atoms with van der Waals surface area (Å²) in [6.07, 6.45) is -16.5. The second-order valence-corrected chi connectivity index (χ2v) is 9.04. The molecular weight excluding hydrogens is 422 g/mol. The van der Waals surface area contributed by atoms with E-state index in [1.807, 2.05) is 0 Å². The summed E-state index contributed by atoms with van der Waals surface area (Å²) in [5, 5.41) is 0. The summed E-state index contributed by atoms with van der Waals surface area (Å²) < 4.78 is 86.3. The molecule has 3 aliphatic carbocycles. The molecule has 0 aliphatic heterocycles. The van der Waals surface area contributed by atoms with Gasteiger partial charge in [0.05, 0.1) is 5.41 Å². The predicted molar refractivity (Wildman–Crippen MR) is 87.7 cm³/mol. The number of fused-ring (bicyclic) bond motifs is 1. The van der Waals surface area contributed by atoms with Crippen molar-refractivity contribution in [2.75, 3.05) is 0 Å². The van der Waals surface area contributed by atoms with Gasteiger partial charge in [0.15, 0.2) is 5.78 Å². The highest BCUT2D eigenvalue weighted by molar-refractivity contribution is 6.07. The molecule has 11 heteroatoms. The van der Waals surface area contributed by atoms with Gasteiger partial charge in [-0.25, -0.2) is 0 Å². The van der Waals surface area contributed by atoms with Gasteiger partial charge in [-0.1, -0.05) is 6.92 Å². The van der Waals surface area contributed by atoms with Crippen molar-refractivity contribution in [2.24, 2.45) is 28.6 Å². The largest absolute Gasteiger partial charge is 0.461 e. The zero-order valence-electron chi connectivity index (χ0n) is 16.5. The van der Waals surface area contributed by atoms with E-state index in [1.165, 1.54) is 0 Å². The van der Waals surface area contributed by atoms with E-state index in [2.05, 4.69) is 4.74 Å². The van der Waals surface area contributed by atoms with Gasteiger partial charge in [-0.15, -0.1) is 0 Å². The summed E-state index contributed by atoms with van der Waals surface area (Å²) in [6, 6.07) is 0. The third-order valence-electron chi connectivity index (χ3n) is 6.96. The fourth-order valence-electron chi connectivity index (χ4n) is 5.01. The predicted octanol–water partition coefficient (Wildman–Crippen LogP) is 3.99. The molecular formula is C19H22F6O5. The molecule has 3 aliphatic rings. The molecule has 0 radical (unpaired) electrons. The second kappa shape index (κ2) is 6.85. The van der Waals surface area contributed by atoms with E-state index in [-0.39, 0.29) is 19.3 Å². The lowest BCUT2D eigenvalue weighted by molar-refractivity contribution is -0.315. The highest BCUT2D eigenvalue weighted by Crippen LogP contribution is 2.66. The second-order valence-electron chi connectivity index (χ2n) is 9.04. The average molecular weight is 444 g/mol. The minimum atomic E-state index is -5.85. The fourth-order valence-corrected chi connectivity index (χ4v) is 5.01. The Morgan fingerprint density at radius 1 is 1.13 bits per heavy atom. The molecule has 170 valence electrons. The maximum atomic E-state index is 12.8. The maximum Gasteiger partial charge on any atom is 0.434 e. The molecule has 0 heterocycles. The van der Waals surface area contributed by atoms with Gasteiger partial charge in [-0.2, -0.15) is 26.3 Å². The van der Waals surface area contributed by atoms with Crippen LogP contribution >= 0.6 is 0 Å². The van der Waals surface area contributed by atoms with E-state index in [0.29, 0.717) is 6.42 Å². The Morgan fingerprint density at radius 3 is 2.20 bits per heavy atom. The molecule has 0 aromatic rings. The highest BCUT2D eigenvalue weighted by Gasteiger charge is 2.74. The Balaban J connectivity index is 1.81. The zero-order chi connectivity index (χ0) is 22.9. The molecule has 0 aromatic heterocycles. The number of halogens is 6. The van der Waals surface area contributed by atoms with E-state index in [9.17, 15) is 40.7 Å². The van der Waals surface area contributed by atoms with Gasteiger partial charge in [0, 0.05) is 12.3 Å². The number of carbonyl (C=O) groups excluding carboxylic acids is 3. The lowest BCUT2D eigenvalue weighted by atomic mass is 9.73. The third-order valence-corrected chi connectivity index (χ3v) is 6.96. The van der Waals surface area contributed by atoms with Gasteiger partial charge in [-0.3, -0.25) is 14.4 Å². The number of ether oxygens (including phenoxy) is 2. The summed E-state index contributed by atoms with van der Waals surface area (Å²) in [6.45, 7) is 5.15. The first-order valence-electron chi connectivity index (χ1n) is 9.64. The van der Waals surface area contributed by atoms with Gasteiger partial charge < -0.3 is 9.47 Å². The number of hydrogen-bond acceptors (Lipinski definition) is 5. The summed E-state index contributed by atoms with van der Waals surface area (Å²) in [7, 11) is 0. The molecule has 3 rings (SSSR count). The van der Waals surface area contributed by atoms with Crippen LogP contribution in [-0.4, -0.2) is 42.3 Å². The third kappa shape index (κ3) is 3.37. The van der Waals surface area contributed by atoms with E-state index in [0.717, 1.165) is 0 Å². The van der Waals surface area contributed by atoms with Gasteiger partial charge in [-0.05, 0) is 44.9 Å². The van der Waals surface area contributed by atoms with E-state index >= 15 is 0 Å². The van der Waals surface area contributed by atoms with Gasteiger partial charge >= 0.3 is 24.3 Å². The number of ketones is 1. The summed E-state index contributed by atoms with van der Waals surface area (Å²) in [5.74, 6) is -4.94. The monoisotopic (exact) mass is 444 g/mol. The van der Waals surface area contributed by atoms with E-state index < -0.39 is 70.9 Å². The van der Waals surface area contributed by atoms with Crippen molar-refractivity contribution in [3.05, 3.63) is 0 Å². The Bertz CT molecular complexity index is 743. The SMILES string of the molecule is CCC(C)(C)C(=O)OC1C2CC3C1CC(=O)C3(C(=O)OC(C(F)(F)F)C(F)(F)F)C2. The minimum absolute atomic E-state index is 0.207. The first-order chi connectivity index (χ1) is 13.6. The maximum absolute atomic E-state index is 12.8. The number of hydrogen-bond donors (Lipinski definition) is 0. The minimum Gasteiger partial charge on any atom is -0.461 e. The van der Waals surface area contributed by atoms with Crippen LogP contribution in [0.2, 0.25) is 0 Å². The average Bonchev–Trinajstić information content (AvgIpc) is 3.19. The summed E-state index contributed by atoms with van der Waals surface area (Å²) in [5.41, 5.74) is -2.82. The molecule has 5 unspecified atom stereocenters. The lowest BCUT2D eigenvalue weighted by Gasteiger charge is -2.36. The van der Waals surface area contributed by atoms with Gasteiger partial charge in [0.25, 0.3) is 6.10 Å². The zero-order valence-corrected chi connectivity index (χ0v) is 16.5. The topological polar surface area (TPSA) is 69.7 Å². The smallest absolute Gasteiger partial charge is 0.434 e. The van der Waals surface area contributed by atoms with Crippen LogP contribution in [0, 0.1) is 28.6 Å². The molecule has 0 saturated heterocycles. The Morgan fingerprint density at radius 2 is 1.70 bits per heavy atom. The van der Waals surface area contributed by atoms with Crippen LogP contribution in [0.1, 0.15) is 46.5 Å². The molecule has 5 nitrogen and oxygen atoms in total. The van der Waals surface area contributed by atoms with Gasteiger partial charge in [0.2, 0.25) is 0 Å². The van der Waals surface area contributed by atoms with Crippen LogP contribution in [0.5, 0.6) is 0 Å². The molecule has 0 amide bonds. The molecule has 0 aromatic carbocycles. The Labute approximate surface area is 168 Å². The van der Waals surface area contributed by atoms with Crippen LogP contribution < -0.4 is 0 Å². The summed E-state index contributed by atoms with van der Waals surface area (Å²) in [4.78, 5) is 37.5. The fraction of sp³-hybridized carbons (Fsp3) is 0.842. The van der Waals surface area contributed by atoms with Crippen LogP contribution in [-0.2, 0) is 23.9 Å². The molecule has 30 heavy (non-hydrogen) atoms. The molecule has 5 atom stereocenters. The Hall–Kier alpha value is -1.81. The van der Waals surface area contributed by atoms with Crippen molar-refractivity contribution in [3.8, 4) is 0 Å². The van der Waals surface area contributed by atoms with Crippen LogP contribution in [0.4, 0.5) is 26.3 Å². The van der Waals surface area contributed by atoms with Crippen molar-refractivity contribution in [1.29, 1.82) is 0 Å². The van der Waals surface area contributed by atoms with Crippen molar-refractivity contribution >= 4 is 17.7 Å². The van der Waals surface area contributed by atoms with E-state index in [1.54, 1.807) is 20.8 Å². The molecule has 2 bridgehead atoms. The number of carbonyl (C=O) groups is 3. The van der Waals surface area contributed by atoms with Crippen LogP contribution in [0.15, 0.2) is 0 Å². The van der Waals surface area contributed by atoms with E-state index in [4.69, 9.17) is 4.74 Å². The number of alkyl halides is 6. The van der Waals surface area contributed by atoms with Crippen molar-refractivity contribution in [1.82, 2.24) is 0 Å². The van der Waals surface area contributed by atoms with Gasteiger partial charge in [0.1, 0.15) is 11.5 Å². The molecule has 3 fully saturated rings. The number of esters is 2. The quantitative estimate of drug-likeness (QED) is 0.365. The molecule has 0 spiro atoms. The lowest BCUT2D eigenvalue weighted by Crippen LogP contribution is -2.51. The summed E-state index contributed by atoms with van der Waals surface area (Å²) >= 11 is 0. The first kappa shape index (κ1) is 22.9.